The summed E-state index contributed by atoms with van der Waals surface area (Å²) in [5, 5.41) is 39.2. The van der Waals surface area contributed by atoms with Crippen molar-refractivity contribution in [2.45, 2.75) is 58.0 Å². The van der Waals surface area contributed by atoms with Crippen LogP contribution in [0, 0.1) is 12.8 Å². The van der Waals surface area contributed by atoms with E-state index in [4.69, 9.17) is 34.6 Å². The number of anilines is 1. The van der Waals surface area contributed by atoms with Crippen LogP contribution in [-0.2, 0) is 20.9 Å². The average molecular weight is 1210 g/mol. The van der Waals surface area contributed by atoms with Crippen molar-refractivity contribution in [2.75, 3.05) is 53.2 Å². The molecule has 0 aliphatic carbocycles. The molecule has 1 aromatic carbocycles. The Morgan fingerprint density at radius 2 is 1.53 bits per heavy atom. The third kappa shape index (κ3) is 13.9. The standard InChI is InChI=1S/C52H55N15O8S6/c1-24(2)37-51-66-40(33(81-51)20-75-7)44(72)55-19-36(69)63-41(42(70)26-11-9-8-10-12-26)50-60-31(22-77-50)47-56-18-32(80-47)39-27(13-14-28(57-39)48-61-34(23-78-48)62-52(74)54-15-16-67(5)6)46-59-30(21-76-46)43(71)58-29(17-35(68)53-4)49-65-38(25(3)79-49)45(73)64-37/h8-14,18,21-24,29,37,41-42,70H,15-17,19-20H2,1-7H3,(H,53,68)(H,55,72)(H,58,71)(H,63,69)(H,64,73)(H2,54,62,74)/t29-,37-,41-,42-/m0/s1. The minimum atomic E-state index is -1.26. The molecule has 0 saturated heterocycles. The second-order valence-electron chi connectivity index (χ2n) is 18.8. The molecule has 0 spiro atoms. The van der Waals surface area contributed by atoms with E-state index in [0.29, 0.717) is 91.8 Å². The number of nitrogens with one attached hydrogen (secondary N) is 7. The summed E-state index contributed by atoms with van der Waals surface area (Å²) in [6.45, 7) is 6.08. The molecular weight excluding hydrogens is 1160 g/mol. The summed E-state index contributed by atoms with van der Waals surface area (Å²) in [7, 11) is 6.77. The topological polar surface area (TPSA) is 310 Å². The molecule has 1 aliphatic rings. The van der Waals surface area contributed by atoms with Gasteiger partial charge in [-0.2, -0.15) is 0 Å². The number of thiazole rings is 6. The molecule has 4 atom stereocenters. The van der Waals surface area contributed by atoms with Gasteiger partial charge in [-0.05, 0) is 44.6 Å². The summed E-state index contributed by atoms with van der Waals surface area (Å²) in [4.78, 5) is 119. The summed E-state index contributed by atoms with van der Waals surface area (Å²) in [5.74, 6) is -2.74. The van der Waals surface area contributed by atoms with Gasteiger partial charge in [0.05, 0.1) is 52.8 Å². The van der Waals surface area contributed by atoms with Gasteiger partial charge in [0.1, 0.15) is 70.8 Å². The number of urea groups is 1. The number of amides is 7. The van der Waals surface area contributed by atoms with E-state index in [1.165, 1.54) is 70.8 Å². The number of likely N-dealkylation sites (N-methyl/N-ethyl adjacent to an activating group) is 1. The molecule has 8 heterocycles. The van der Waals surface area contributed by atoms with E-state index < -0.39 is 60.4 Å². The number of benzene rings is 1. The fourth-order valence-electron chi connectivity index (χ4n) is 8.19. The maximum atomic E-state index is 14.3. The van der Waals surface area contributed by atoms with E-state index in [9.17, 15) is 33.9 Å². The smallest absolute Gasteiger partial charge is 0.320 e. The predicted molar refractivity (Wildman–Crippen MR) is 312 cm³/mol. The number of ether oxygens (including phenoxy) is 1. The molecule has 81 heavy (non-hydrogen) atoms. The number of hydrogen-bond donors (Lipinski definition) is 8. The number of aliphatic hydroxyl groups is 1. The lowest BCUT2D eigenvalue weighted by Crippen LogP contribution is -2.40. The summed E-state index contributed by atoms with van der Waals surface area (Å²) in [6, 6.07) is 9.23. The average Bonchev–Trinajstić information content (AvgIpc) is 4.33. The first-order valence-corrected chi connectivity index (χ1v) is 30.2. The minimum Gasteiger partial charge on any atom is -0.386 e. The van der Waals surface area contributed by atoms with Crippen molar-refractivity contribution in [3.8, 4) is 42.5 Å². The molecule has 8 aromatic rings. The summed E-state index contributed by atoms with van der Waals surface area (Å²) >= 11 is 7.28. The predicted octanol–water partition coefficient (Wildman–Crippen LogP) is 7.00. The number of methoxy groups -OCH3 is 1. The summed E-state index contributed by atoms with van der Waals surface area (Å²) in [6.07, 6.45) is 0.171. The highest BCUT2D eigenvalue weighted by molar-refractivity contribution is 7.19. The molecule has 0 fully saturated rings. The zero-order valence-electron chi connectivity index (χ0n) is 44.6. The molecule has 23 nitrogen and oxygen atoms in total. The number of hydrogen-bond acceptors (Lipinski definition) is 22. The molecule has 10 bridgehead atoms. The third-order valence-corrected chi connectivity index (χ3v) is 18.2. The highest BCUT2D eigenvalue weighted by Crippen LogP contribution is 2.41. The van der Waals surface area contributed by atoms with Gasteiger partial charge in [0, 0.05) is 60.0 Å². The van der Waals surface area contributed by atoms with Gasteiger partial charge in [0.2, 0.25) is 11.8 Å². The highest BCUT2D eigenvalue weighted by atomic mass is 32.1. The Morgan fingerprint density at radius 1 is 0.765 bits per heavy atom. The van der Waals surface area contributed by atoms with Gasteiger partial charge < -0.3 is 46.6 Å². The van der Waals surface area contributed by atoms with Gasteiger partial charge in [-0.3, -0.25) is 29.3 Å². The first kappa shape index (κ1) is 58.3. The second kappa shape index (κ2) is 26.1. The molecule has 8 N–H and O–H groups in total. The van der Waals surface area contributed by atoms with Crippen LogP contribution in [0.25, 0.3) is 42.5 Å². The Balaban J connectivity index is 1.11. The molecule has 1 aliphatic heterocycles. The molecule has 9 rings (SSSR count). The zero-order chi connectivity index (χ0) is 57.5. The third-order valence-electron chi connectivity index (χ3n) is 12.3. The molecule has 7 amide bonds. The van der Waals surface area contributed by atoms with Crippen LogP contribution >= 0.6 is 68.0 Å². The number of carbonyl (C=O) groups excluding carboxylic acids is 6. The normalized spacial score (nSPS) is 16.5. The van der Waals surface area contributed by atoms with Crippen LogP contribution in [0.5, 0.6) is 0 Å². The molecule has 7 aromatic heterocycles. The fourth-order valence-corrected chi connectivity index (χ4v) is 13.8. The van der Waals surface area contributed by atoms with Crippen LogP contribution < -0.4 is 37.2 Å². The monoisotopic (exact) mass is 1210 g/mol. The number of pyridine rings is 1. The number of aryl methyl sites for hydroxylation is 1. The van der Waals surface area contributed by atoms with E-state index in [0.717, 1.165) is 11.3 Å². The van der Waals surface area contributed by atoms with Crippen LogP contribution in [0.15, 0.2) is 64.8 Å². The Hall–Kier alpha value is -7.35. The number of aromatic nitrogens is 7. The molecule has 29 heteroatoms. The summed E-state index contributed by atoms with van der Waals surface area (Å²) < 4.78 is 5.45. The van der Waals surface area contributed by atoms with Gasteiger partial charge in [-0.1, -0.05) is 44.2 Å². The minimum absolute atomic E-state index is 0.00476. The highest BCUT2D eigenvalue weighted by Gasteiger charge is 2.33. The molecule has 0 saturated carbocycles. The lowest BCUT2D eigenvalue weighted by Gasteiger charge is -2.23. The van der Waals surface area contributed by atoms with E-state index in [1.807, 2.05) is 45.0 Å². The van der Waals surface area contributed by atoms with Gasteiger partial charge in [-0.25, -0.2) is 39.7 Å². The van der Waals surface area contributed by atoms with E-state index in [2.05, 4.69) is 42.2 Å². The largest absolute Gasteiger partial charge is 0.386 e. The molecule has 0 radical (unpaired) electrons. The Morgan fingerprint density at radius 3 is 2.28 bits per heavy atom. The molecule has 0 unspecified atom stereocenters. The number of carbonyl (C=O) groups is 6. The van der Waals surface area contributed by atoms with Crippen LogP contribution in [0.3, 0.4) is 0 Å². The number of fused-ring (bicyclic) bond motifs is 14. The van der Waals surface area contributed by atoms with E-state index in [-0.39, 0.29) is 41.9 Å². The van der Waals surface area contributed by atoms with Gasteiger partial charge in [-0.15, -0.1) is 68.0 Å². The van der Waals surface area contributed by atoms with Crippen molar-refractivity contribution >= 4 is 109 Å². The van der Waals surface area contributed by atoms with Crippen molar-refractivity contribution in [3.05, 3.63) is 112 Å². The zero-order valence-corrected chi connectivity index (χ0v) is 49.5. The lowest BCUT2D eigenvalue weighted by molar-refractivity contribution is -0.122. The van der Waals surface area contributed by atoms with Crippen LogP contribution in [0.4, 0.5) is 10.6 Å². The van der Waals surface area contributed by atoms with E-state index in [1.54, 1.807) is 59.6 Å². The Bertz CT molecular complexity index is 3590. The Kier molecular flexibility index (Phi) is 18.8. The Labute approximate surface area is 488 Å². The number of aliphatic hydroxyl groups excluding tert-OH is 1. The number of rotatable bonds is 12. The van der Waals surface area contributed by atoms with Crippen LogP contribution in [0.2, 0.25) is 0 Å². The van der Waals surface area contributed by atoms with Gasteiger partial charge in [0.25, 0.3) is 17.7 Å². The summed E-state index contributed by atoms with van der Waals surface area (Å²) in [5.41, 5.74) is 2.54. The van der Waals surface area contributed by atoms with Gasteiger partial charge in [0.15, 0.2) is 0 Å². The first-order valence-electron chi connectivity index (χ1n) is 25.1. The fraction of sp³-hybridized carbons (Fsp3) is 0.327. The van der Waals surface area contributed by atoms with Crippen molar-refractivity contribution in [3.63, 3.8) is 0 Å². The van der Waals surface area contributed by atoms with Crippen molar-refractivity contribution in [1.29, 1.82) is 0 Å². The van der Waals surface area contributed by atoms with Crippen molar-refractivity contribution in [2.24, 2.45) is 5.92 Å². The maximum Gasteiger partial charge on any atom is 0.320 e. The second-order valence-corrected chi connectivity index (χ2v) is 24.8. The van der Waals surface area contributed by atoms with Crippen molar-refractivity contribution in [1.82, 2.24) is 71.7 Å². The van der Waals surface area contributed by atoms with E-state index >= 15 is 0 Å². The first-order chi connectivity index (χ1) is 39.0. The quantitative estimate of drug-likeness (QED) is 0.0611. The molecule has 422 valence electrons. The molecular formula is C52H55N15O8S6. The lowest BCUT2D eigenvalue weighted by atomic mass is 10.0. The SMILES string of the molecule is CNC(=O)C[C@@H]1NC(=O)c2csc(n2)-c2ccc(-c3nc(NC(=O)NCCN(C)C)cs3)nc2-c2cnc(s2)-c2csc(n2)[C@H]([C@@H](O)c2ccccc2)NC(=O)CNC(=O)c2nc(sc2COC)[C@H](C(C)C)NC(=O)c2nc1sc2C. The number of nitrogens with zero attached hydrogens (tertiary/aromatic N) is 8. The van der Waals surface area contributed by atoms with Crippen molar-refractivity contribution < 1.29 is 38.6 Å². The van der Waals surface area contributed by atoms with Crippen LogP contribution in [-0.4, -0.2) is 128 Å². The maximum absolute atomic E-state index is 14.3. The van der Waals surface area contributed by atoms with Crippen LogP contribution in [0.1, 0.15) is 106 Å². The van der Waals surface area contributed by atoms with Gasteiger partial charge >= 0.3 is 6.03 Å².